The number of methoxy groups -OCH3 is 1. The fourth-order valence-electron chi connectivity index (χ4n) is 2.37. The zero-order valence-corrected chi connectivity index (χ0v) is 13.5. The van der Waals surface area contributed by atoms with E-state index in [2.05, 4.69) is 5.32 Å². The van der Waals surface area contributed by atoms with Crippen LogP contribution in [0.25, 0.3) is 0 Å². The van der Waals surface area contributed by atoms with E-state index in [4.69, 9.17) is 9.47 Å². The Balaban J connectivity index is 1.63. The van der Waals surface area contributed by atoms with Crippen LogP contribution in [0, 0.1) is 11.7 Å². The van der Waals surface area contributed by atoms with E-state index < -0.39 is 5.82 Å². The quantitative estimate of drug-likeness (QED) is 0.845. The van der Waals surface area contributed by atoms with Gasteiger partial charge in [0.05, 0.1) is 19.3 Å². The van der Waals surface area contributed by atoms with Crippen LogP contribution in [0.15, 0.2) is 42.5 Å². The van der Waals surface area contributed by atoms with Gasteiger partial charge in [-0.1, -0.05) is 18.2 Å². The summed E-state index contributed by atoms with van der Waals surface area (Å²) in [6.45, 7) is 0.880. The summed E-state index contributed by atoms with van der Waals surface area (Å²) in [5, 5.41) is 2.80. The minimum atomic E-state index is -0.447. The van der Waals surface area contributed by atoms with Crippen molar-refractivity contribution in [3.05, 3.63) is 59.4 Å². The molecule has 0 saturated heterocycles. The van der Waals surface area contributed by atoms with Crippen molar-refractivity contribution in [1.82, 2.24) is 5.32 Å². The highest BCUT2D eigenvalue weighted by Gasteiger charge is 2.23. The Bertz CT molecular complexity index is 728. The molecule has 1 saturated carbocycles. The number of ether oxygens (including phenoxy) is 2. The summed E-state index contributed by atoms with van der Waals surface area (Å²) >= 11 is 0. The number of hydrogen-bond donors (Lipinski definition) is 1. The number of para-hydroxylation sites is 1. The molecule has 0 spiro atoms. The van der Waals surface area contributed by atoms with Gasteiger partial charge in [-0.25, -0.2) is 4.39 Å². The van der Waals surface area contributed by atoms with E-state index in [9.17, 15) is 9.18 Å². The number of carbonyl (C=O) groups is 1. The molecule has 3 rings (SSSR count). The average Bonchev–Trinajstić information content (AvgIpc) is 3.42. The van der Waals surface area contributed by atoms with Gasteiger partial charge < -0.3 is 14.8 Å². The summed E-state index contributed by atoms with van der Waals surface area (Å²) in [7, 11) is 1.42. The third-order valence-corrected chi connectivity index (χ3v) is 3.97. The molecule has 1 aliphatic carbocycles. The first-order chi connectivity index (χ1) is 11.7. The van der Waals surface area contributed by atoms with Gasteiger partial charge in [-0.15, -0.1) is 0 Å². The van der Waals surface area contributed by atoms with Crippen molar-refractivity contribution < 1.29 is 18.7 Å². The SMILES string of the molecule is COc1ccc(CNC(=O)c2ccccc2OCC2CC2)cc1F. The van der Waals surface area contributed by atoms with Crippen LogP contribution in [0.2, 0.25) is 0 Å². The number of amides is 1. The maximum absolute atomic E-state index is 13.7. The van der Waals surface area contributed by atoms with Crippen LogP contribution >= 0.6 is 0 Å². The van der Waals surface area contributed by atoms with E-state index in [0.29, 0.717) is 29.4 Å². The van der Waals surface area contributed by atoms with Crippen molar-refractivity contribution in [1.29, 1.82) is 0 Å². The molecular formula is C19H20FNO3. The Morgan fingerprint density at radius 3 is 2.71 bits per heavy atom. The van der Waals surface area contributed by atoms with Crippen molar-refractivity contribution in [3.63, 3.8) is 0 Å². The third-order valence-electron chi connectivity index (χ3n) is 3.97. The number of carbonyl (C=O) groups excluding carboxylic acids is 1. The number of nitrogens with one attached hydrogen (secondary N) is 1. The second kappa shape index (κ2) is 7.34. The first kappa shape index (κ1) is 16.3. The van der Waals surface area contributed by atoms with E-state index in [1.165, 1.54) is 26.0 Å². The predicted octanol–water partition coefficient (Wildman–Crippen LogP) is 3.55. The minimum absolute atomic E-state index is 0.184. The molecule has 0 bridgehead atoms. The molecule has 1 fully saturated rings. The van der Waals surface area contributed by atoms with Crippen molar-refractivity contribution in [2.24, 2.45) is 5.92 Å². The van der Waals surface area contributed by atoms with Gasteiger partial charge in [-0.05, 0) is 48.6 Å². The molecule has 0 unspecified atom stereocenters. The second-order valence-electron chi connectivity index (χ2n) is 5.90. The van der Waals surface area contributed by atoms with Crippen molar-refractivity contribution in [3.8, 4) is 11.5 Å². The fraction of sp³-hybridized carbons (Fsp3) is 0.316. The van der Waals surface area contributed by atoms with Crippen molar-refractivity contribution in [2.45, 2.75) is 19.4 Å². The largest absolute Gasteiger partial charge is 0.494 e. The van der Waals surface area contributed by atoms with Gasteiger partial charge in [-0.3, -0.25) is 4.79 Å². The predicted molar refractivity (Wildman–Crippen MR) is 88.8 cm³/mol. The summed E-state index contributed by atoms with van der Waals surface area (Å²) in [5.74, 6) is 0.699. The summed E-state index contributed by atoms with van der Waals surface area (Å²) in [6, 6.07) is 11.8. The van der Waals surface area contributed by atoms with Gasteiger partial charge in [0.15, 0.2) is 11.6 Å². The average molecular weight is 329 g/mol. The Kier molecular flexibility index (Phi) is 4.99. The van der Waals surface area contributed by atoms with E-state index in [1.54, 1.807) is 30.3 Å². The van der Waals surface area contributed by atoms with E-state index >= 15 is 0 Å². The highest BCUT2D eigenvalue weighted by Crippen LogP contribution is 2.30. The molecule has 0 aliphatic heterocycles. The van der Waals surface area contributed by atoms with E-state index in [-0.39, 0.29) is 18.2 Å². The molecule has 1 aliphatic rings. The smallest absolute Gasteiger partial charge is 0.255 e. The lowest BCUT2D eigenvalue weighted by Crippen LogP contribution is -2.23. The molecule has 0 atom stereocenters. The highest BCUT2D eigenvalue weighted by molar-refractivity contribution is 5.96. The summed E-state index contributed by atoms with van der Waals surface area (Å²) in [6.07, 6.45) is 2.38. The molecule has 5 heteroatoms. The van der Waals surface area contributed by atoms with Crippen molar-refractivity contribution >= 4 is 5.91 Å². The first-order valence-corrected chi connectivity index (χ1v) is 8.00. The molecule has 24 heavy (non-hydrogen) atoms. The number of hydrogen-bond acceptors (Lipinski definition) is 3. The van der Waals surface area contributed by atoms with E-state index in [1.807, 2.05) is 6.07 Å². The molecule has 0 aromatic heterocycles. The fourth-order valence-corrected chi connectivity index (χ4v) is 2.37. The maximum atomic E-state index is 13.7. The minimum Gasteiger partial charge on any atom is -0.494 e. The van der Waals surface area contributed by atoms with Crippen LogP contribution in [-0.4, -0.2) is 19.6 Å². The molecule has 2 aromatic carbocycles. The summed E-state index contributed by atoms with van der Waals surface area (Å²) < 4.78 is 24.3. The molecular weight excluding hydrogens is 309 g/mol. The number of halogens is 1. The molecule has 0 radical (unpaired) electrons. The molecule has 1 N–H and O–H groups in total. The van der Waals surface area contributed by atoms with Gasteiger partial charge in [0.1, 0.15) is 5.75 Å². The standard InChI is InChI=1S/C19H20FNO3/c1-23-18-9-8-14(10-16(18)20)11-21-19(22)15-4-2-3-5-17(15)24-12-13-6-7-13/h2-5,8-10,13H,6-7,11-12H2,1H3,(H,21,22). The topological polar surface area (TPSA) is 47.6 Å². The summed E-state index contributed by atoms with van der Waals surface area (Å²) in [4.78, 5) is 12.4. The monoisotopic (exact) mass is 329 g/mol. The lowest BCUT2D eigenvalue weighted by atomic mass is 10.1. The van der Waals surface area contributed by atoms with Gasteiger partial charge >= 0.3 is 0 Å². The van der Waals surface area contributed by atoms with Gasteiger partial charge in [0, 0.05) is 6.54 Å². The molecule has 0 heterocycles. The Hall–Kier alpha value is -2.56. The second-order valence-corrected chi connectivity index (χ2v) is 5.90. The first-order valence-electron chi connectivity index (χ1n) is 8.00. The number of benzene rings is 2. The van der Waals surface area contributed by atoms with E-state index in [0.717, 1.165) is 0 Å². The molecule has 126 valence electrons. The zero-order chi connectivity index (χ0) is 16.9. The van der Waals surface area contributed by atoms with Crippen LogP contribution in [-0.2, 0) is 6.54 Å². The van der Waals surface area contributed by atoms with Crippen LogP contribution in [0.1, 0.15) is 28.8 Å². The van der Waals surface area contributed by atoms with Gasteiger partial charge in [0.25, 0.3) is 5.91 Å². The van der Waals surface area contributed by atoms with Crippen LogP contribution < -0.4 is 14.8 Å². The lowest BCUT2D eigenvalue weighted by molar-refractivity contribution is 0.0946. The zero-order valence-electron chi connectivity index (χ0n) is 13.5. The molecule has 2 aromatic rings. The highest BCUT2D eigenvalue weighted by atomic mass is 19.1. The van der Waals surface area contributed by atoms with Gasteiger partial charge in [-0.2, -0.15) is 0 Å². The van der Waals surface area contributed by atoms with Crippen LogP contribution in [0.4, 0.5) is 4.39 Å². The van der Waals surface area contributed by atoms with Crippen LogP contribution in [0.5, 0.6) is 11.5 Å². The van der Waals surface area contributed by atoms with Crippen molar-refractivity contribution in [2.75, 3.05) is 13.7 Å². The van der Waals surface area contributed by atoms with Crippen LogP contribution in [0.3, 0.4) is 0 Å². The Labute approximate surface area is 140 Å². The molecule has 1 amide bonds. The molecule has 4 nitrogen and oxygen atoms in total. The Morgan fingerprint density at radius 2 is 2.00 bits per heavy atom. The Morgan fingerprint density at radius 1 is 1.21 bits per heavy atom. The number of rotatable bonds is 7. The normalized spacial score (nSPS) is 13.4. The lowest BCUT2D eigenvalue weighted by Gasteiger charge is -2.12. The third kappa shape index (κ3) is 4.04. The summed E-state index contributed by atoms with van der Waals surface area (Å²) in [5.41, 5.74) is 1.16. The van der Waals surface area contributed by atoms with Gasteiger partial charge in [0.2, 0.25) is 0 Å². The maximum Gasteiger partial charge on any atom is 0.255 e.